The Balaban J connectivity index is 0.00000374. The Kier molecular flexibility index (Phi) is 8.18. The number of nitrogens with zero attached hydrogens (tertiary/aromatic N) is 8. The first kappa shape index (κ1) is 33.3. The third kappa shape index (κ3) is 5.45. The Morgan fingerprint density at radius 2 is 1.78 bits per heavy atom. The minimum absolute atomic E-state index is 0. The van der Waals surface area contributed by atoms with E-state index in [0.717, 1.165) is 5.69 Å². The number of rotatable bonds is 0. The lowest BCUT2D eigenvalue weighted by Gasteiger charge is -2.37. The summed E-state index contributed by atoms with van der Waals surface area (Å²) in [7, 11) is 0. The van der Waals surface area contributed by atoms with E-state index in [2.05, 4.69) is 47.5 Å². The van der Waals surface area contributed by atoms with Gasteiger partial charge in [-0.25, -0.2) is 38.9 Å². The second-order valence-corrected chi connectivity index (χ2v) is 18.1. The zero-order valence-electron chi connectivity index (χ0n) is 26.0. The number of anilines is 1. The Hall–Kier alpha value is -2.52. The first-order valence-corrected chi connectivity index (χ1v) is 21.0. The van der Waals surface area contributed by atoms with Crippen LogP contribution in [-0.4, -0.2) is 106 Å². The highest BCUT2D eigenvalue weighted by Gasteiger charge is 2.69. The lowest BCUT2D eigenvalue weighted by atomic mass is 9.94. The smallest absolute Gasteiger partial charge is 0.365 e. The van der Waals surface area contributed by atoms with Crippen molar-refractivity contribution >= 4 is 65.7 Å². The molecule has 0 aliphatic carbocycles. The molecule has 2 unspecified atom stereocenters. The molecule has 4 aromatic heterocycles. The summed E-state index contributed by atoms with van der Waals surface area (Å²) in [5.41, 5.74) is 0.895. The maximum Gasteiger partial charge on any atom is 0.386 e. The van der Waals surface area contributed by atoms with E-state index in [1.54, 1.807) is 17.8 Å². The molecule has 0 saturated carbocycles. The zero-order valence-corrected chi connectivity index (χ0v) is 29.5. The lowest BCUT2D eigenvalue weighted by molar-refractivity contribution is -0.214. The number of ether oxygens (including phenoxy) is 3. The molecule has 10 heterocycles. The van der Waals surface area contributed by atoms with Crippen molar-refractivity contribution in [1.29, 1.82) is 0 Å². The van der Waals surface area contributed by atoms with E-state index in [0.29, 0.717) is 41.9 Å². The van der Waals surface area contributed by atoms with Crippen molar-refractivity contribution in [3.05, 3.63) is 43.2 Å². The Morgan fingerprint density at radius 1 is 1.02 bits per heavy atom. The van der Waals surface area contributed by atoms with Crippen LogP contribution in [0.25, 0.3) is 22.3 Å². The molecule has 18 nitrogen and oxygen atoms in total. The van der Waals surface area contributed by atoms with Gasteiger partial charge in [0.2, 0.25) is 0 Å². The summed E-state index contributed by atoms with van der Waals surface area (Å²) in [6, 6.07) is 0. The molecule has 10 rings (SSSR count). The molecule has 0 radical (unpaired) electrons. The number of imidazole rings is 2. The Morgan fingerprint density at radius 3 is 2.62 bits per heavy atom. The summed E-state index contributed by atoms with van der Waals surface area (Å²) >= 11 is 9.67. The number of aryl methyl sites for hydroxylation is 1. The molecule has 4 saturated heterocycles. The van der Waals surface area contributed by atoms with Crippen molar-refractivity contribution in [3.63, 3.8) is 0 Å². The Bertz CT molecular complexity index is 2120. The maximum absolute atomic E-state index is 16.4. The van der Waals surface area contributed by atoms with Crippen LogP contribution in [-0.2, 0) is 55.1 Å². The maximum atomic E-state index is 16.4. The normalized spacial score (nSPS) is 41.0. The molecular weight excluding hydrogens is 739 g/mol. The van der Waals surface area contributed by atoms with Gasteiger partial charge in [0.05, 0.1) is 37.7 Å². The van der Waals surface area contributed by atoms with Gasteiger partial charge in [0.25, 0.3) is 0 Å². The van der Waals surface area contributed by atoms with Gasteiger partial charge in [-0.05, 0) is 31.6 Å². The van der Waals surface area contributed by atoms with Gasteiger partial charge < -0.3 is 28.9 Å². The molecule has 23 heteroatoms. The second kappa shape index (κ2) is 12.3. The van der Waals surface area contributed by atoms with Crippen LogP contribution in [0.4, 0.5) is 10.2 Å². The zero-order chi connectivity index (χ0) is 34.4. The largest absolute Gasteiger partial charge is 0.386 e. The number of thiol groups is 1. The summed E-state index contributed by atoms with van der Waals surface area (Å²) in [6.45, 7) is -7.28. The fourth-order valence-electron chi connectivity index (χ4n) is 7.10. The van der Waals surface area contributed by atoms with E-state index >= 15 is 4.39 Å². The summed E-state index contributed by atoms with van der Waals surface area (Å²) in [6.07, 6.45) is 1.18. The fourth-order valence-corrected chi connectivity index (χ4v) is 10.0. The van der Waals surface area contributed by atoms with Crippen molar-refractivity contribution in [2.75, 3.05) is 25.1 Å². The SMILES string of the molecule is C[C@@H]1O[C@H]2[C@H]3O[C@@]14COP(=O)(S)O[C@H]1[C@@H](F)[C@@H](O[C@@H]1COP(O)(=S)O[C@@H]24)n1cnc2c(ncnc21)NC/C=C/CCc1ncnc2c1ncn23.[HH]. The van der Waals surface area contributed by atoms with Crippen LogP contribution in [0.5, 0.6) is 0 Å². The number of hydrogen-bond acceptors (Lipinski definition) is 16. The molecule has 0 aromatic carbocycles. The number of allylic oxidation sites excluding steroid dienone is 1. The predicted molar refractivity (Wildman–Crippen MR) is 179 cm³/mol. The van der Waals surface area contributed by atoms with Crippen LogP contribution in [0, 0.1) is 0 Å². The van der Waals surface area contributed by atoms with Gasteiger partial charge in [0.15, 0.2) is 41.3 Å². The third-order valence-electron chi connectivity index (χ3n) is 9.52. The van der Waals surface area contributed by atoms with E-state index in [9.17, 15) is 9.46 Å². The summed E-state index contributed by atoms with van der Waals surface area (Å²) in [4.78, 5) is 38.0. The van der Waals surface area contributed by atoms with Crippen LogP contribution in [0.2, 0.25) is 0 Å². The number of aromatic nitrogens is 8. The van der Waals surface area contributed by atoms with Gasteiger partial charge >= 0.3 is 13.5 Å². The van der Waals surface area contributed by atoms with Crippen LogP contribution >= 0.6 is 25.8 Å². The molecule has 1 spiro atoms. The molecule has 50 heavy (non-hydrogen) atoms. The summed E-state index contributed by atoms with van der Waals surface area (Å²) in [5, 5.41) is 3.21. The van der Waals surface area contributed by atoms with Crippen LogP contribution < -0.4 is 5.32 Å². The fraction of sp³-hybridized carbons (Fsp3) is 0.556. The first-order valence-electron chi connectivity index (χ1n) is 15.7. The molecule has 11 atom stereocenters. The van der Waals surface area contributed by atoms with Crippen molar-refractivity contribution in [2.24, 2.45) is 0 Å². The molecule has 6 aliphatic heterocycles. The van der Waals surface area contributed by atoms with Crippen molar-refractivity contribution in [1.82, 2.24) is 39.0 Å². The number of fused-ring (bicyclic) bond motifs is 10. The quantitative estimate of drug-likeness (QED) is 0.134. The van der Waals surface area contributed by atoms with Gasteiger partial charge in [-0.3, -0.25) is 22.7 Å². The predicted octanol–water partition coefficient (Wildman–Crippen LogP) is 3.19. The average molecular weight is 772 g/mol. The summed E-state index contributed by atoms with van der Waals surface area (Å²) in [5.74, 6) is 0.420. The topological polar surface area (TPSA) is 201 Å². The number of halogens is 1. The van der Waals surface area contributed by atoms with Gasteiger partial charge in [-0.15, -0.1) is 0 Å². The van der Waals surface area contributed by atoms with Crippen molar-refractivity contribution in [3.8, 4) is 0 Å². The molecule has 0 amide bonds. The molecule has 15 bridgehead atoms. The highest BCUT2D eigenvalue weighted by atomic mass is 32.7. The van der Waals surface area contributed by atoms with Gasteiger partial charge in [-0.2, -0.15) is 0 Å². The monoisotopic (exact) mass is 771 g/mol. The van der Waals surface area contributed by atoms with Crippen LogP contribution in [0.1, 0.15) is 32.9 Å². The van der Waals surface area contributed by atoms with Crippen molar-refractivity contribution in [2.45, 2.75) is 74.5 Å². The standard InChI is InChI=1S/C27H30FN9O9P2S2.H2/c1-13-27-8-41-48(39,50)45-19-15-7-40-47(38,49)46-21(27)20(42-13)26(44-27)37-11-34-17-14(30-9-32-23(17)37)5-3-2-4-6-29-22-18-24(33-10-31-22)36(12-35-18)25(43-15)16(19)28;/h2,4,9-13,15-16,19-21,25-26H,3,5-8H2,1H3,(H,38,49)(H,39,50)(H,29,31,33);1H/b4-2+;/t13-,15+,16+,19+,20+,21-,25+,26+,27-,47?,48?;/m0./s1. The average Bonchev–Trinajstić information content (AvgIpc) is 3.88. The van der Waals surface area contributed by atoms with Gasteiger partial charge in [-0.1, -0.05) is 24.4 Å². The number of hydrogen-bond donors (Lipinski definition) is 3. The van der Waals surface area contributed by atoms with Crippen LogP contribution in [0.3, 0.4) is 0 Å². The molecule has 2 N–H and O–H groups in total. The number of alkyl halides is 1. The minimum Gasteiger partial charge on any atom is -0.365 e. The molecule has 268 valence electrons. The first-order chi connectivity index (χ1) is 24.0. The summed E-state index contributed by atoms with van der Waals surface area (Å²) < 4.78 is 75.8. The highest BCUT2D eigenvalue weighted by molar-refractivity contribution is 8.44. The highest BCUT2D eigenvalue weighted by Crippen LogP contribution is 2.62. The lowest BCUT2D eigenvalue weighted by Crippen LogP contribution is -2.50. The van der Waals surface area contributed by atoms with E-state index in [1.165, 1.54) is 23.5 Å². The Labute approximate surface area is 294 Å². The molecular formula is C27H32FN9O9P2S2. The molecule has 6 aliphatic rings. The van der Waals surface area contributed by atoms with E-state index in [-0.39, 0.29) is 7.07 Å². The van der Waals surface area contributed by atoms with E-state index in [1.807, 2.05) is 12.2 Å². The second-order valence-electron chi connectivity index (χ2n) is 12.4. The van der Waals surface area contributed by atoms with E-state index in [4.69, 9.17) is 44.1 Å². The van der Waals surface area contributed by atoms with Gasteiger partial charge in [0, 0.05) is 7.97 Å². The minimum atomic E-state index is -4.34. The van der Waals surface area contributed by atoms with Crippen LogP contribution in [0.15, 0.2) is 37.5 Å². The molecule has 4 fully saturated rings. The number of nitrogens with one attached hydrogen (secondary N) is 1. The van der Waals surface area contributed by atoms with E-state index < -0.39 is 81.5 Å². The third-order valence-corrected chi connectivity index (χ3v) is 12.7. The van der Waals surface area contributed by atoms with Crippen molar-refractivity contribution < 1.29 is 47.6 Å². The van der Waals surface area contributed by atoms with Gasteiger partial charge in [0.1, 0.15) is 48.2 Å². The molecule has 4 aromatic rings.